The van der Waals surface area contributed by atoms with Gasteiger partial charge in [0.2, 0.25) is 0 Å². The minimum Gasteiger partial charge on any atom is -0.370 e. The summed E-state index contributed by atoms with van der Waals surface area (Å²) in [4.78, 5) is 7.34. The molecule has 1 aliphatic heterocycles. The lowest BCUT2D eigenvalue weighted by molar-refractivity contribution is 0.712. The van der Waals surface area contributed by atoms with Crippen LogP contribution in [0.2, 0.25) is 0 Å². The number of para-hydroxylation sites is 1. The average molecular weight is 301 g/mol. The van der Waals surface area contributed by atoms with Crippen LogP contribution in [0.4, 0.5) is 5.69 Å². The monoisotopic (exact) mass is 301 g/mol. The summed E-state index contributed by atoms with van der Waals surface area (Å²) in [6.45, 7) is 6.25. The summed E-state index contributed by atoms with van der Waals surface area (Å²) in [5, 5.41) is 4.67. The Morgan fingerprint density at radius 3 is 3.05 bits per heavy atom. The lowest BCUT2D eigenvalue weighted by Gasteiger charge is -2.24. The van der Waals surface area contributed by atoms with Gasteiger partial charge in [0.15, 0.2) is 0 Å². The number of hydrogen-bond acceptors (Lipinski definition) is 4. The van der Waals surface area contributed by atoms with Crippen LogP contribution in [0.15, 0.2) is 30.3 Å². The van der Waals surface area contributed by atoms with Crippen LogP contribution in [-0.2, 0) is 6.54 Å². The molecule has 0 aliphatic carbocycles. The zero-order valence-electron chi connectivity index (χ0n) is 12.6. The summed E-state index contributed by atoms with van der Waals surface area (Å²) in [7, 11) is 0. The van der Waals surface area contributed by atoms with Crippen molar-refractivity contribution in [1.29, 1.82) is 0 Å². The third kappa shape index (κ3) is 3.50. The molecule has 1 saturated heterocycles. The van der Waals surface area contributed by atoms with Gasteiger partial charge in [-0.25, -0.2) is 0 Å². The zero-order chi connectivity index (χ0) is 14.5. The van der Waals surface area contributed by atoms with Gasteiger partial charge in [-0.1, -0.05) is 25.1 Å². The van der Waals surface area contributed by atoms with E-state index < -0.39 is 0 Å². The van der Waals surface area contributed by atoms with Crippen LogP contribution in [0.3, 0.4) is 0 Å². The van der Waals surface area contributed by atoms with Crippen LogP contribution in [0.5, 0.6) is 0 Å². The lowest BCUT2D eigenvalue weighted by atomic mass is 10.1. The second kappa shape index (κ2) is 7.14. The Labute approximate surface area is 131 Å². The number of rotatable bonds is 4. The van der Waals surface area contributed by atoms with Crippen LogP contribution < -0.4 is 10.2 Å². The Bertz CT molecular complexity index is 592. The van der Waals surface area contributed by atoms with Gasteiger partial charge in [0.25, 0.3) is 0 Å². The van der Waals surface area contributed by atoms with E-state index in [2.05, 4.69) is 59.2 Å². The number of hydrogen-bond donors (Lipinski definition) is 1. The van der Waals surface area contributed by atoms with Crippen molar-refractivity contribution in [2.45, 2.75) is 19.9 Å². The Hall–Kier alpha value is -1.26. The highest BCUT2D eigenvalue weighted by molar-refractivity contribution is 7.99. The molecule has 0 atom stereocenters. The fraction of sp³-hybridized carbons (Fsp3) is 0.471. The molecule has 1 aliphatic rings. The second-order valence-corrected chi connectivity index (χ2v) is 6.61. The molecule has 0 radical (unpaired) electrons. The SMILES string of the molecule is CCNCc1cc(N2CCCSCC2)c2ccccc2n1. The molecular weight excluding hydrogens is 278 g/mol. The minimum atomic E-state index is 0.844. The molecule has 112 valence electrons. The molecule has 21 heavy (non-hydrogen) atoms. The number of nitrogens with one attached hydrogen (secondary N) is 1. The van der Waals surface area contributed by atoms with E-state index in [0.717, 1.165) is 37.4 Å². The van der Waals surface area contributed by atoms with E-state index in [-0.39, 0.29) is 0 Å². The summed E-state index contributed by atoms with van der Waals surface area (Å²) in [6, 6.07) is 10.8. The molecule has 1 N–H and O–H groups in total. The first-order valence-corrected chi connectivity index (χ1v) is 8.96. The standard InChI is InChI=1S/C17H23N3S/c1-2-18-13-14-12-17(20-8-5-10-21-11-9-20)15-6-3-4-7-16(15)19-14/h3-4,6-7,12,18H,2,5,8-11,13H2,1H3. The van der Waals surface area contributed by atoms with E-state index in [9.17, 15) is 0 Å². The molecule has 1 aromatic carbocycles. The topological polar surface area (TPSA) is 28.2 Å². The van der Waals surface area contributed by atoms with Gasteiger partial charge in [-0.2, -0.15) is 11.8 Å². The van der Waals surface area contributed by atoms with Crippen LogP contribution in [0.25, 0.3) is 10.9 Å². The largest absolute Gasteiger partial charge is 0.370 e. The molecule has 1 aromatic heterocycles. The van der Waals surface area contributed by atoms with Gasteiger partial charge in [0.1, 0.15) is 0 Å². The van der Waals surface area contributed by atoms with Gasteiger partial charge in [-0.3, -0.25) is 4.98 Å². The van der Waals surface area contributed by atoms with E-state index in [1.54, 1.807) is 0 Å². The number of thioether (sulfide) groups is 1. The maximum atomic E-state index is 4.80. The third-order valence-electron chi connectivity index (χ3n) is 3.87. The molecule has 2 aromatic rings. The van der Waals surface area contributed by atoms with Crippen molar-refractivity contribution in [3.8, 4) is 0 Å². The normalized spacial score (nSPS) is 16.1. The predicted octanol–water partition coefficient (Wildman–Crippen LogP) is 3.29. The quantitative estimate of drug-likeness (QED) is 0.938. The molecule has 0 saturated carbocycles. The van der Waals surface area contributed by atoms with Crippen molar-refractivity contribution in [1.82, 2.24) is 10.3 Å². The van der Waals surface area contributed by atoms with Crippen molar-refractivity contribution in [3.05, 3.63) is 36.0 Å². The summed E-state index contributed by atoms with van der Waals surface area (Å²) in [5.41, 5.74) is 3.61. The van der Waals surface area contributed by atoms with Crippen LogP contribution in [-0.4, -0.2) is 36.1 Å². The Morgan fingerprint density at radius 1 is 1.24 bits per heavy atom. The van der Waals surface area contributed by atoms with Gasteiger partial charge in [-0.15, -0.1) is 0 Å². The van der Waals surface area contributed by atoms with Gasteiger partial charge in [0, 0.05) is 36.5 Å². The molecule has 0 bridgehead atoms. The summed E-state index contributed by atoms with van der Waals surface area (Å²) < 4.78 is 0. The third-order valence-corrected chi connectivity index (χ3v) is 4.92. The van der Waals surface area contributed by atoms with Gasteiger partial charge < -0.3 is 10.2 Å². The highest BCUT2D eigenvalue weighted by atomic mass is 32.2. The summed E-state index contributed by atoms with van der Waals surface area (Å²) >= 11 is 2.07. The molecule has 3 rings (SSSR count). The maximum absolute atomic E-state index is 4.80. The summed E-state index contributed by atoms with van der Waals surface area (Å²) in [5.74, 6) is 2.50. The molecular formula is C17H23N3S. The minimum absolute atomic E-state index is 0.844. The maximum Gasteiger partial charge on any atom is 0.0726 e. The van der Waals surface area contributed by atoms with Crippen LogP contribution >= 0.6 is 11.8 Å². The van der Waals surface area contributed by atoms with Crippen molar-refractivity contribution in [2.75, 3.05) is 36.0 Å². The van der Waals surface area contributed by atoms with Crippen molar-refractivity contribution in [2.24, 2.45) is 0 Å². The smallest absolute Gasteiger partial charge is 0.0726 e. The fourth-order valence-electron chi connectivity index (χ4n) is 2.80. The van der Waals surface area contributed by atoms with E-state index in [0.29, 0.717) is 0 Å². The van der Waals surface area contributed by atoms with E-state index in [1.807, 2.05) is 0 Å². The second-order valence-electron chi connectivity index (χ2n) is 5.38. The number of nitrogens with zero attached hydrogens (tertiary/aromatic N) is 2. The molecule has 4 heteroatoms. The Morgan fingerprint density at radius 2 is 2.14 bits per heavy atom. The number of benzene rings is 1. The zero-order valence-corrected chi connectivity index (χ0v) is 13.5. The average Bonchev–Trinajstić information content (AvgIpc) is 2.81. The highest BCUT2D eigenvalue weighted by Gasteiger charge is 2.14. The van der Waals surface area contributed by atoms with Gasteiger partial charge in [0.05, 0.1) is 11.2 Å². The molecule has 3 nitrogen and oxygen atoms in total. The molecule has 0 amide bonds. The van der Waals surface area contributed by atoms with Gasteiger partial charge >= 0.3 is 0 Å². The molecule has 2 heterocycles. The number of anilines is 1. The number of fused-ring (bicyclic) bond motifs is 1. The first kappa shape index (κ1) is 14.7. The van der Waals surface area contributed by atoms with Crippen molar-refractivity contribution < 1.29 is 0 Å². The Kier molecular flexibility index (Phi) is 4.99. The van der Waals surface area contributed by atoms with Crippen molar-refractivity contribution >= 4 is 28.4 Å². The van der Waals surface area contributed by atoms with E-state index in [1.165, 1.54) is 29.0 Å². The molecule has 0 spiro atoms. The van der Waals surface area contributed by atoms with E-state index in [4.69, 9.17) is 4.98 Å². The van der Waals surface area contributed by atoms with Crippen molar-refractivity contribution in [3.63, 3.8) is 0 Å². The summed E-state index contributed by atoms with van der Waals surface area (Å²) in [6.07, 6.45) is 1.27. The lowest BCUT2D eigenvalue weighted by Crippen LogP contribution is -2.26. The predicted molar refractivity (Wildman–Crippen MR) is 93.3 cm³/mol. The number of pyridine rings is 1. The fourth-order valence-corrected chi connectivity index (χ4v) is 3.69. The van der Waals surface area contributed by atoms with E-state index >= 15 is 0 Å². The van der Waals surface area contributed by atoms with Crippen LogP contribution in [0.1, 0.15) is 19.0 Å². The van der Waals surface area contributed by atoms with Gasteiger partial charge in [-0.05, 0) is 30.9 Å². The highest BCUT2D eigenvalue weighted by Crippen LogP contribution is 2.28. The first-order chi connectivity index (χ1) is 10.4. The first-order valence-electron chi connectivity index (χ1n) is 7.80. The molecule has 0 unspecified atom stereocenters. The molecule has 1 fully saturated rings. The Balaban J connectivity index is 2.00. The van der Waals surface area contributed by atoms with Crippen LogP contribution in [0, 0.1) is 0 Å². The number of aromatic nitrogens is 1.